The van der Waals surface area contributed by atoms with Crippen molar-refractivity contribution in [1.29, 1.82) is 0 Å². The van der Waals surface area contributed by atoms with Crippen LogP contribution in [0.4, 0.5) is 5.95 Å². The molecule has 5 nitrogen and oxygen atoms in total. The number of nitrogens with one attached hydrogen (secondary N) is 1. The van der Waals surface area contributed by atoms with Crippen molar-refractivity contribution >= 4 is 5.95 Å². The number of aryl methyl sites for hydroxylation is 1. The monoisotopic (exact) mass is 210 g/mol. The minimum atomic E-state index is 0.587. The summed E-state index contributed by atoms with van der Waals surface area (Å²) in [4.78, 5) is 8.42. The second kappa shape index (κ2) is 6.19. The van der Waals surface area contributed by atoms with Gasteiger partial charge in [-0.3, -0.25) is 0 Å². The molecular formula is C10H18N4O. The lowest BCUT2D eigenvalue weighted by Gasteiger charge is -2.06. The second-order valence-corrected chi connectivity index (χ2v) is 3.30. The van der Waals surface area contributed by atoms with Crippen LogP contribution in [0.25, 0.3) is 0 Å². The molecule has 15 heavy (non-hydrogen) atoms. The fourth-order valence-electron chi connectivity index (χ4n) is 1.19. The Kier molecular flexibility index (Phi) is 4.83. The Bertz CT molecular complexity index is 303. The first-order valence-electron chi connectivity index (χ1n) is 5.10. The molecule has 1 aromatic rings. The molecule has 1 rings (SSSR count). The van der Waals surface area contributed by atoms with E-state index in [9.17, 15) is 0 Å². The smallest absolute Gasteiger partial charge is 0.226 e. The van der Waals surface area contributed by atoms with Gasteiger partial charge in [-0.25, -0.2) is 4.98 Å². The van der Waals surface area contributed by atoms with Crippen molar-refractivity contribution < 1.29 is 4.74 Å². The molecule has 0 unspecified atom stereocenters. The van der Waals surface area contributed by atoms with Gasteiger partial charge in [0.05, 0.1) is 7.11 Å². The molecule has 0 fully saturated rings. The van der Waals surface area contributed by atoms with Crippen molar-refractivity contribution in [3.8, 4) is 5.88 Å². The molecule has 84 valence electrons. The first-order chi connectivity index (χ1) is 7.26. The molecule has 0 aromatic carbocycles. The Morgan fingerprint density at radius 2 is 2.20 bits per heavy atom. The highest BCUT2D eigenvalue weighted by Crippen LogP contribution is 2.10. The summed E-state index contributed by atoms with van der Waals surface area (Å²) in [6.45, 7) is 3.47. The number of nitrogens with zero attached hydrogens (tertiary/aromatic N) is 2. The number of hydrogen-bond acceptors (Lipinski definition) is 5. The summed E-state index contributed by atoms with van der Waals surface area (Å²) in [7, 11) is 1.60. The third-order valence-electron chi connectivity index (χ3n) is 1.95. The maximum Gasteiger partial charge on any atom is 0.226 e. The molecule has 0 saturated carbocycles. The molecule has 0 atom stereocenters. The Labute approximate surface area is 90.1 Å². The van der Waals surface area contributed by atoms with E-state index in [1.807, 2.05) is 6.92 Å². The largest absolute Gasteiger partial charge is 0.481 e. The predicted molar refractivity (Wildman–Crippen MR) is 60.1 cm³/mol. The van der Waals surface area contributed by atoms with E-state index in [0.29, 0.717) is 11.8 Å². The molecule has 1 aromatic heterocycles. The van der Waals surface area contributed by atoms with E-state index in [1.165, 1.54) is 0 Å². The van der Waals surface area contributed by atoms with Crippen molar-refractivity contribution in [2.45, 2.75) is 19.8 Å². The number of anilines is 1. The average Bonchev–Trinajstić information content (AvgIpc) is 2.23. The van der Waals surface area contributed by atoms with Gasteiger partial charge in [-0.05, 0) is 26.3 Å². The lowest BCUT2D eigenvalue weighted by molar-refractivity contribution is 0.397. The van der Waals surface area contributed by atoms with Gasteiger partial charge < -0.3 is 15.8 Å². The zero-order chi connectivity index (χ0) is 11.1. The third kappa shape index (κ3) is 4.12. The Hall–Kier alpha value is -1.36. The standard InChI is InChI=1S/C10H18N4O/c1-8-7-9(15-2)14-10(13-8)12-6-4-3-5-11/h7H,3-6,11H2,1-2H3,(H,12,13,14). The van der Waals surface area contributed by atoms with Gasteiger partial charge in [0.15, 0.2) is 0 Å². The lowest BCUT2D eigenvalue weighted by atomic mass is 10.3. The molecule has 0 bridgehead atoms. The lowest BCUT2D eigenvalue weighted by Crippen LogP contribution is -2.08. The summed E-state index contributed by atoms with van der Waals surface area (Å²) in [5.74, 6) is 1.20. The first-order valence-corrected chi connectivity index (χ1v) is 5.10. The molecule has 0 amide bonds. The summed E-state index contributed by atoms with van der Waals surface area (Å²) in [6.07, 6.45) is 2.03. The van der Waals surface area contributed by atoms with Crippen LogP contribution in [0.15, 0.2) is 6.07 Å². The zero-order valence-electron chi connectivity index (χ0n) is 9.29. The molecule has 0 aliphatic carbocycles. The number of hydrogen-bond donors (Lipinski definition) is 2. The summed E-state index contributed by atoms with van der Waals surface area (Å²) in [6, 6.07) is 1.80. The maximum absolute atomic E-state index is 5.40. The van der Waals surface area contributed by atoms with Crippen molar-refractivity contribution in [1.82, 2.24) is 9.97 Å². The Morgan fingerprint density at radius 3 is 2.87 bits per heavy atom. The average molecular weight is 210 g/mol. The van der Waals surface area contributed by atoms with Crippen molar-refractivity contribution in [3.05, 3.63) is 11.8 Å². The highest BCUT2D eigenvalue weighted by Gasteiger charge is 2.00. The van der Waals surface area contributed by atoms with Gasteiger partial charge in [0.1, 0.15) is 0 Å². The second-order valence-electron chi connectivity index (χ2n) is 3.30. The van der Waals surface area contributed by atoms with E-state index in [0.717, 1.165) is 31.6 Å². The van der Waals surface area contributed by atoms with Crippen molar-refractivity contribution in [3.63, 3.8) is 0 Å². The van der Waals surface area contributed by atoms with Crippen LogP contribution in [-0.4, -0.2) is 30.2 Å². The summed E-state index contributed by atoms with van der Waals surface area (Å²) in [5, 5.41) is 3.14. The van der Waals surface area contributed by atoms with Gasteiger partial charge in [-0.2, -0.15) is 4.98 Å². The van der Waals surface area contributed by atoms with Crippen molar-refractivity contribution in [2.75, 3.05) is 25.5 Å². The Balaban J connectivity index is 2.49. The summed E-state index contributed by atoms with van der Waals surface area (Å²) in [5.41, 5.74) is 6.29. The fourth-order valence-corrected chi connectivity index (χ4v) is 1.19. The number of aromatic nitrogens is 2. The summed E-state index contributed by atoms with van der Waals surface area (Å²) >= 11 is 0. The topological polar surface area (TPSA) is 73.1 Å². The van der Waals surface area contributed by atoms with Crippen LogP contribution in [0.5, 0.6) is 5.88 Å². The molecule has 0 radical (unpaired) electrons. The minimum Gasteiger partial charge on any atom is -0.481 e. The molecule has 0 saturated heterocycles. The van der Waals surface area contributed by atoms with E-state index in [-0.39, 0.29) is 0 Å². The molecule has 1 heterocycles. The number of nitrogens with two attached hydrogens (primary N) is 1. The highest BCUT2D eigenvalue weighted by atomic mass is 16.5. The summed E-state index contributed by atoms with van der Waals surface area (Å²) < 4.78 is 5.05. The van der Waals surface area contributed by atoms with Gasteiger partial charge in [-0.15, -0.1) is 0 Å². The SMILES string of the molecule is COc1cc(C)nc(NCCCCN)n1. The molecule has 3 N–H and O–H groups in total. The minimum absolute atomic E-state index is 0.587. The van der Waals surface area contributed by atoms with Gasteiger partial charge in [0.25, 0.3) is 0 Å². The van der Waals surface area contributed by atoms with Gasteiger partial charge in [0.2, 0.25) is 11.8 Å². The van der Waals surface area contributed by atoms with Crippen LogP contribution in [0.2, 0.25) is 0 Å². The number of unbranched alkanes of at least 4 members (excludes halogenated alkanes) is 1. The van der Waals surface area contributed by atoms with Gasteiger partial charge in [-0.1, -0.05) is 0 Å². The van der Waals surface area contributed by atoms with Crippen LogP contribution in [0.3, 0.4) is 0 Å². The third-order valence-corrected chi connectivity index (χ3v) is 1.95. The van der Waals surface area contributed by atoms with E-state index in [2.05, 4.69) is 15.3 Å². The van der Waals surface area contributed by atoms with Crippen LogP contribution in [0, 0.1) is 6.92 Å². The molecule has 5 heteroatoms. The number of rotatable bonds is 6. The zero-order valence-corrected chi connectivity index (χ0v) is 9.29. The quantitative estimate of drug-likeness (QED) is 0.684. The Morgan fingerprint density at radius 1 is 1.40 bits per heavy atom. The number of methoxy groups -OCH3 is 1. The first kappa shape index (κ1) is 11.7. The van der Waals surface area contributed by atoms with Crippen LogP contribution < -0.4 is 15.8 Å². The highest BCUT2D eigenvalue weighted by molar-refractivity contribution is 5.30. The fraction of sp³-hybridized carbons (Fsp3) is 0.600. The molecular weight excluding hydrogens is 192 g/mol. The van der Waals surface area contributed by atoms with Gasteiger partial charge >= 0.3 is 0 Å². The predicted octanol–water partition coefficient (Wildman–Crippen LogP) is 0.944. The van der Waals surface area contributed by atoms with E-state index >= 15 is 0 Å². The normalized spacial score (nSPS) is 10.1. The van der Waals surface area contributed by atoms with Crippen LogP contribution in [-0.2, 0) is 0 Å². The molecule has 0 spiro atoms. The van der Waals surface area contributed by atoms with Gasteiger partial charge in [0, 0.05) is 18.3 Å². The molecule has 0 aliphatic rings. The van der Waals surface area contributed by atoms with Crippen LogP contribution in [0.1, 0.15) is 18.5 Å². The van der Waals surface area contributed by atoms with Crippen molar-refractivity contribution in [2.24, 2.45) is 5.73 Å². The van der Waals surface area contributed by atoms with E-state index in [1.54, 1.807) is 13.2 Å². The van der Waals surface area contributed by atoms with E-state index < -0.39 is 0 Å². The number of ether oxygens (including phenoxy) is 1. The molecule has 0 aliphatic heterocycles. The van der Waals surface area contributed by atoms with Crippen LogP contribution >= 0.6 is 0 Å². The maximum atomic E-state index is 5.40. The van der Waals surface area contributed by atoms with E-state index in [4.69, 9.17) is 10.5 Å².